The van der Waals surface area contributed by atoms with Gasteiger partial charge in [-0.3, -0.25) is 4.79 Å². The number of hydrogen-bond donors (Lipinski definition) is 1. The molecule has 0 radical (unpaired) electrons. The first kappa shape index (κ1) is 15.7. The zero-order valence-corrected chi connectivity index (χ0v) is 11.9. The highest BCUT2D eigenvalue weighted by Gasteiger charge is 2.15. The maximum atomic E-state index is 12.1. The van der Waals surface area contributed by atoms with Crippen molar-refractivity contribution < 1.29 is 14.3 Å². The van der Waals surface area contributed by atoms with Gasteiger partial charge in [0.25, 0.3) is 0 Å². The lowest BCUT2D eigenvalue weighted by atomic mass is 10.0. The van der Waals surface area contributed by atoms with Crippen molar-refractivity contribution in [3.63, 3.8) is 0 Å². The first-order valence-electron chi connectivity index (χ1n) is 6.60. The molecule has 1 aromatic rings. The van der Waals surface area contributed by atoms with Crippen LogP contribution < -0.4 is 10.5 Å². The van der Waals surface area contributed by atoms with Crippen LogP contribution in [-0.4, -0.2) is 31.6 Å². The number of carbonyl (C=O) groups excluding carboxylic acids is 1. The van der Waals surface area contributed by atoms with Crippen molar-refractivity contribution in [1.82, 2.24) is 0 Å². The van der Waals surface area contributed by atoms with Gasteiger partial charge in [-0.1, -0.05) is 0 Å². The maximum absolute atomic E-state index is 12.1. The van der Waals surface area contributed by atoms with Crippen LogP contribution in [0.15, 0.2) is 24.3 Å². The molecule has 0 aliphatic heterocycles. The molecule has 0 saturated heterocycles. The lowest BCUT2D eigenvalue weighted by Gasteiger charge is -2.12. The SMILES string of the molecule is COCCCC(N)C(=O)c1ccc(OC(C)C)cc1. The number of hydrogen-bond acceptors (Lipinski definition) is 4. The summed E-state index contributed by atoms with van der Waals surface area (Å²) >= 11 is 0. The van der Waals surface area contributed by atoms with E-state index in [1.165, 1.54) is 0 Å². The maximum Gasteiger partial charge on any atom is 0.179 e. The third kappa shape index (κ3) is 5.41. The average molecular weight is 265 g/mol. The van der Waals surface area contributed by atoms with Crippen LogP contribution in [0.5, 0.6) is 5.75 Å². The second kappa shape index (κ2) is 7.92. The Kier molecular flexibility index (Phi) is 6.53. The van der Waals surface area contributed by atoms with E-state index in [4.69, 9.17) is 15.2 Å². The van der Waals surface area contributed by atoms with Crippen LogP contribution in [-0.2, 0) is 4.74 Å². The summed E-state index contributed by atoms with van der Waals surface area (Å²) in [5.41, 5.74) is 6.50. The number of ether oxygens (including phenoxy) is 2. The van der Waals surface area contributed by atoms with Gasteiger partial charge in [0.05, 0.1) is 12.1 Å². The summed E-state index contributed by atoms with van der Waals surface area (Å²) in [6.45, 7) is 4.55. The number of methoxy groups -OCH3 is 1. The number of ketones is 1. The molecule has 4 nitrogen and oxygen atoms in total. The predicted octanol–water partition coefficient (Wildman–Crippen LogP) is 2.41. The van der Waals surface area contributed by atoms with Crippen LogP contribution in [0.3, 0.4) is 0 Å². The van der Waals surface area contributed by atoms with E-state index in [0.29, 0.717) is 18.6 Å². The molecule has 0 fully saturated rings. The molecule has 1 atom stereocenters. The Hall–Kier alpha value is -1.39. The second-order valence-electron chi connectivity index (χ2n) is 4.80. The molecule has 2 N–H and O–H groups in total. The fourth-order valence-corrected chi connectivity index (χ4v) is 1.76. The molecular weight excluding hydrogens is 242 g/mol. The summed E-state index contributed by atoms with van der Waals surface area (Å²) in [5, 5.41) is 0. The van der Waals surface area contributed by atoms with Crippen molar-refractivity contribution in [3.8, 4) is 5.75 Å². The van der Waals surface area contributed by atoms with E-state index in [-0.39, 0.29) is 11.9 Å². The van der Waals surface area contributed by atoms with Crippen LogP contribution in [0.25, 0.3) is 0 Å². The van der Waals surface area contributed by atoms with Gasteiger partial charge in [-0.25, -0.2) is 0 Å². The molecule has 0 aromatic heterocycles. The summed E-state index contributed by atoms with van der Waals surface area (Å²) in [6, 6.07) is 6.66. The molecule has 1 aromatic carbocycles. The Bertz CT molecular complexity index is 387. The van der Waals surface area contributed by atoms with Gasteiger partial charge < -0.3 is 15.2 Å². The van der Waals surface area contributed by atoms with Crippen molar-refractivity contribution in [2.45, 2.75) is 38.8 Å². The van der Waals surface area contributed by atoms with Gasteiger partial charge in [0.15, 0.2) is 5.78 Å². The molecule has 0 saturated carbocycles. The number of nitrogens with two attached hydrogens (primary N) is 1. The van der Waals surface area contributed by atoms with Crippen molar-refractivity contribution >= 4 is 5.78 Å². The fraction of sp³-hybridized carbons (Fsp3) is 0.533. The van der Waals surface area contributed by atoms with E-state index in [1.807, 2.05) is 13.8 Å². The van der Waals surface area contributed by atoms with Crippen molar-refractivity contribution in [2.24, 2.45) is 5.73 Å². The Labute approximate surface area is 114 Å². The normalized spacial score (nSPS) is 12.5. The Balaban J connectivity index is 2.56. The van der Waals surface area contributed by atoms with Gasteiger partial charge in [0, 0.05) is 19.3 Å². The summed E-state index contributed by atoms with van der Waals surface area (Å²) in [7, 11) is 1.64. The second-order valence-corrected chi connectivity index (χ2v) is 4.80. The van der Waals surface area contributed by atoms with E-state index in [9.17, 15) is 4.79 Å². The highest BCUT2D eigenvalue weighted by atomic mass is 16.5. The molecule has 4 heteroatoms. The van der Waals surface area contributed by atoms with E-state index < -0.39 is 6.04 Å². The fourth-order valence-electron chi connectivity index (χ4n) is 1.76. The summed E-state index contributed by atoms with van der Waals surface area (Å²) in [4.78, 5) is 12.1. The first-order valence-corrected chi connectivity index (χ1v) is 6.60. The van der Waals surface area contributed by atoms with Gasteiger partial charge >= 0.3 is 0 Å². The minimum atomic E-state index is -0.466. The van der Waals surface area contributed by atoms with Gasteiger partial charge in [-0.2, -0.15) is 0 Å². The molecule has 0 heterocycles. The van der Waals surface area contributed by atoms with Crippen LogP contribution in [0.2, 0.25) is 0 Å². The van der Waals surface area contributed by atoms with Gasteiger partial charge in [-0.05, 0) is 51.0 Å². The van der Waals surface area contributed by atoms with Crippen LogP contribution in [0.1, 0.15) is 37.0 Å². The Morgan fingerprint density at radius 2 is 1.89 bits per heavy atom. The third-order valence-electron chi connectivity index (χ3n) is 2.71. The first-order chi connectivity index (χ1) is 9.04. The highest BCUT2D eigenvalue weighted by molar-refractivity contribution is 6.00. The van der Waals surface area contributed by atoms with Crippen LogP contribution in [0.4, 0.5) is 0 Å². The molecule has 0 amide bonds. The van der Waals surface area contributed by atoms with Gasteiger partial charge in [0.1, 0.15) is 5.75 Å². The van der Waals surface area contributed by atoms with Crippen LogP contribution >= 0.6 is 0 Å². The molecule has 0 aliphatic carbocycles. The van der Waals surface area contributed by atoms with E-state index in [0.717, 1.165) is 12.2 Å². The number of Topliss-reactive ketones (excluding diaryl/α,β-unsaturated/α-hetero) is 1. The zero-order valence-electron chi connectivity index (χ0n) is 11.9. The molecule has 1 rings (SSSR count). The van der Waals surface area contributed by atoms with Crippen molar-refractivity contribution in [2.75, 3.05) is 13.7 Å². The van der Waals surface area contributed by atoms with Crippen molar-refractivity contribution in [1.29, 1.82) is 0 Å². The topological polar surface area (TPSA) is 61.5 Å². The number of benzene rings is 1. The van der Waals surface area contributed by atoms with E-state index in [1.54, 1.807) is 31.4 Å². The van der Waals surface area contributed by atoms with Crippen molar-refractivity contribution in [3.05, 3.63) is 29.8 Å². The van der Waals surface area contributed by atoms with Gasteiger partial charge in [0.2, 0.25) is 0 Å². The van der Waals surface area contributed by atoms with Crippen LogP contribution in [0, 0.1) is 0 Å². The lowest BCUT2D eigenvalue weighted by Crippen LogP contribution is -2.30. The van der Waals surface area contributed by atoms with E-state index >= 15 is 0 Å². The Morgan fingerprint density at radius 3 is 2.42 bits per heavy atom. The minimum Gasteiger partial charge on any atom is -0.491 e. The van der Waals surface area contributed by atoms with Gasteiger partial charge in [-0.15, -0.1) is 0 Å². The molecule has 0 aliphatic rings. The standard InChI is InChI=1S/C15H23NO3/c1-11(2)19-13-8-6-12(7-9-13)15(17)14(16)5-4-10-18-3/h6-9,11,14H,4-5,10,16H2,1-3H3. The monoisotopic (exact) mass is 265 g/mol. The largest absolute Gasteiger partial charge is 0.491 e. The highest BCUT2D eigenvalue weighted by Crippen LogP contribution is 2.15. The molecule has 0 bridgehead atoms. The average Bonchev–Trinajstić information content (AvgIpc) is 2.38. The quantitative estimate of drug-likeness (QED) is 0.579. The smallest absolute Gasteiger partial charge is 0.179 e. The lowest BCUT2D eigenvalue weighted by molar-refractivity contribution is 0.0950. The summed E-state index contributed by atoms with van der Waals surface area (Å²) in [6.07, 6.45) is 1.55. The third-order valence-corrected chi connectivity index (χ3v) is 2.71. The van der Waals surface area contributed by atoms with E-state index in [2.05, 4.69) is 0 Å². The summed E-state index contributed by atoms with van der Waals surface area (Å²) in [5.74, 6) is 0.728. The Morgan fingerprint density at radius 1 is 1.26 bits per heavy atom. The molecule has 106 valence electrons. The number of carbonyl (C=O) groups is 1. The number of rotatable bonds is 8. The molecule has 19 heavy (non-hydrogen) atoms. The summed E-state index contributed by atoms with van der Waals surface area (Å²) < 4.78 is 10.5. The molecule has 0 spiro atoms. The predicted molar refractivity (Wildman–Crippen MR) is 75.6 cm³/mol. The molecular formula is C15H23NO3. The molecule has 1 unspecified atom stereocenters. The zero-order chi connectivity index (χ0) is 14.3. The minimum absolute atomic E-state index is 0.0350.